The molecule has 0 radical (unpaired) electrons. The first kappa shape index (κ1) is 16.2. The van der Waals surface area contributed by atoms with E-state index in [1.54, 1.807) is 6.92 Å². The fourth-order valence-corrected chi connectivity index (χ4v) is 3.83. The van der Waals surface area contributed by atoms with Gasteiger partial charge in [0.05, 0.1) is 21.3 Å². The van der Waals surface area contributed by atoms with Gasteiger partial charge in [0.25, 0.3) is 10.0 Å². The molecule has 0 spiro atoms. The largest absolute Gasteiger partial charge is 0.397 e. The Morgan fingerprint density at radius 2 is 1.57 bits per heavy atom. The van der Waals surface area contributed by atoms with Crippen molar-refractivity contribution in [3.8, 4) is 0 Å². The molecule has 2 rings (SSSR count). The minimum atomic E-state index is -3.82. The number of sulfonamides is 1. The van der Waals surface area contributed by atoms with Gasteiger partial charge in [0.15, 0.2) is 0 Å². The molecule has 2 aromatic rings. The summed E-state index contributed by atoms with van der Waals surface area (Å²) >= 11 is 17.6. The number of nitrogens with one attached hydrogen (secondary N) is 1. The van der Waals surface area contributed by atoms with Crippen molar-refractivity contribution in [3.63, 3.8) is 0 Å². The normalized spacial score (nSPS) is 11.4. The summed E-state index contributed by atoms with van der Waals surface area (Å²) in [5, 5.41) is 0.956. The summed E-state index contributed by atoms with van der Waals surface area (Å²) < 4.78 is 27.2. The Morgan fingerprint density at radius 1 is 1.00 bits per heavy atom. The molecule has 0 fully saturated rings. The lowest BCUT2D eigenvalue weighted by Crippen LogP contribution is -2.14. The van der Waals surface area contributed by atoms with E-state index >= 15 is 0 Å². The molecule has 4 nitrogen and oxygen atoms in total. The highest BCUT2D eigenvalue weighted by Crippen LogP contribution is 2.29. The molecule has 0 unspecified atom stereocenters. The van der Waals surface area contributed by atoms with Crippen LogP contribution in [0.15, 0.2) is 35.2 Å². The highest BCUT2D eigenvalue weighted by atomic mass is 35.5. The number of rotatable bonds is 3. The second-order valence-electron chi connectivity index (χ2n) is 4.40. The lowest BCUT2D eigenvalue weighted by molar-refractivity contribution is 0.600. The number of nitrogens with two attached hydrogens (primary N) is 1. The Hall–Kier alpha value is -1.14. The molecule has 0 aliphatic heterocycles. The molecule has 21 heavy (non-hydrogen) atoms. The predicted octanol–water partition coefficient (Wildman–Crippen LogP) is 4.34. The summed E-state index contributed by atoms with van der Waals surface area (Å²) in [6.07, 6.45) is 0. The Morgan fingerprint density at radius 3 is 2.14 bits per heavy atom. The van der Waals surface area contributed by atoms with Gasteiger partial charge in [-0.05, 0) is 42.8 Å². The van der Waals surface area contributed by atoms with Gasteiger partial charge in [0, 0.05) is 10.0 Å². The zero-order chi connectivity index (χ0) is 15.8. The van der Waals surface area contributed by atoms with Crippen molar-refractivity contribution in [1.29, 1.82) is 0 Å². The summed E-state index contributed by atoms with van der Waals surface area (Å²) in [7, 11) is -3.82. The zero-order valence-corrected chi connectivity index (χ0v) is 13.9. The van der Waals surface area contributed by atoms with Crippen LogP contribution in [0.5, 0.6) is 0 Å². The van der Waals surface area contributed by atoms with Gasteiger partial charge in [-0.25, -0.2) is 8.42 Å². The van der Waals surface area contributed by atoms with E-state index in [2.05, 4.69) is 4.72 Å². The number of benzene rings is 2. The lowest BCUT2D eigenvalue weighted by atomic mass is 10.2. The third-order valence-corrected chi connectivity index (χ3v) is 4.99. The summed E-state index contributed by atoms with van der Waals surface area (Å²) in [5.41, 5.74) is 6.59. The molecule has 0 aliphatic rings. The van der Waals surface area contributed by atoms with Gasteiger partial charge >= 0.3 is 0 Å². The van der Waals surface area contributed by atoms with Gasteiger partial charge in [-0.3, -0.25) is 4.72 Å². The molecule has 0 heterocycles. The maximum atomic E-state index is 12.4. The Bertz CT molecular complexity index is 787. The molecule has 8 heteroatoms. The van der Waals surface area contributed by atoms with E-state index in [0.717, 1.165) is 0 Å². The first-order chi connectivity index (χ1) is 9.69. The van der Waals surface area contributed by atoms with Crippen LogP contribution in [0.2, 0.25) is 15.1 Å². The summed E-state index contributed by atoms with van der Waals surface area (Å²) in [6, 6.07) is 7.23. The van der Waals surface area contributed by atoms with E-state index in [9.17, 15) is 8.42 Å². The van der Waals surface area contributed by atoms with E-state index in [1.165, 1.54) is 30.3 Å². The third kappa shape index (κ3) is 3.74. The maximum Gasteiger partial charge on any atom is 0.262 e. The molecule has 0 aromatic heterocycles. The molecule has 3 N–H and O–H groups in total. The van der Waals surface area contributed by atoms with Gasteiger partial charge in [-0.15, -0.1) is 0 Å². The molecular formula is C13H11Cl3N2O2S. The van der Waals surface area contributed by atoms with Gasteiger partial charge in [0.2, 0.25) is 0 Å². The number of hydrogen-bond acceptors (Lipinski definition) is 3. The predicted molar refractivity (Wildman–Crippen MR) is 87.9 cm³/mol. The van der Waals surface area contributed by atoms with Crippen LogP contribution < -0.4 is 10.5 Å². The van der Waals surface area contributed by atoms with Gasteiger partial charge in [-0.1, -0.05) is 34.8 Å². The Balaban J connectivity index is 2.45. The second kappa shape index (κ2) is 5.93. The zero-order valence-electron chi connectivity index (χ0n) is 10.8. The average Bonchev–Trinajstić information content (AvgIpc) is 2.31. The van der Waals surface area contributed by atoms with Crippen LogP contribution in [0.4, 0.5) is 11.4 Å². The molecule has 0 bridgehead atoms. The van der Waals surface area contributed by atoms with Crippen LogP contribution in [0.1, 0.15) is 5.56 Å². The average molecular weight is 366 g/mol. The minimum absolute atomic E-state index is 0.0421. The summed E-state index contributed by atoms with van der Waals surface area (Å²) in [5.74, 6) is 0. The van der Waals surface area contributed by atoms with E-state index in [4.69, 9.17) is 40.5 Å². The van der Waals surface area contributed by atoms with Crippen LogP contribution in [0.3, 0.4) is 0 Å². The molecule has 0 amide bonds. The first-order valence-corrected chi connectivity index (χ1v) is 8.35. The van der Waals surface area contributed by atoms with E-state index in [1.807, 2.05) is 0 Å². The third-order valence-electron chi connectivity index (χ3n) is 2.70. The van der Waals surface area contributed by atoms with Crippen molar-refractivity contribution >= 4 is 56.2 Å². The number of halogens is 3. The topological polar surface area (TPSA) is 72.2 Å². The van der Waals surface area contributed by atoms with Crippen molar-refractivity contribution in [2.24, 2.45) is 0 Å². The smallest absolute Gasteiger partial charge is 0.262 e. The fraction of sp³-hybridized carbons (Fsp3) is 0.0769. The SMILES string of the molecule is Cc1cc(Cl)c(N)cc1S(=O)(=O)Nc1cc(Cl)cc(Cl)c1. The molecule has 0 aliphatic carbocycles. The Kier molecular flexibility index (Phi) is 4.58. The summed E-state index contributed by atoms with van der Waals surface area (Å²) in [4.78, 5) is 0.0421. The lowest BCUT2D eigenvalue weighted by Gasteiger charge is -2.12. The van der Waals surface area contributed by atoms with E-state index < -0.39 is 10.0 Å². The Labute approximate surface area is 137 Å². The van der Waals surface area contributed by atoms with Gasteiger partial charge < -0.3 is 5.73 Å². The van der Waals surface area contributed by atoms with Crippen LogP contribution in [0, 0.1) is 6.92 Å². The van der Waals surface area contributed by atoms with Crippen molar-refractivity contribution in [3.05, 3.63) is 51.0 Å². The van der Waals surface area contributed by atoms with Crippen molar-refractivity contribution in [2.45, 2.75) is 11.8 Å². The highest BCUT2D eigenvalue weighted by molar-refractivity contribution is 7.92. The number of anilines is 2. The van der Waals surface area contributed by atoms with Crippen LogP contribution in [-0.2, 0) is 10.0 Å². The van der Waals surface area contributed by atoms with Crippen LogP contribution in [-0.4, -0.2) is 8.42 Å². The molecule has 0 saturated heterocycles. The molecule has 0 saturated carbocycles. The maximum absolute atomic E-state index is 12.4. The second-order valence-corrected chi connectivity index (χ2v) is 7.33. The van der Waals surface area contributed by atoms with Crippen LogP contribution >= 0.6 is 34.8 Å². The van der Waals surface area contributed by atoms with Crippen molar-refractivity contribution < 1.29 is 8.42 Å². The molecule has 0 atom stereocenters. The first-order valence-electron chi connectivity index (χ1n) is 5.73. The number of nitrogen functional groups attached to an aromatic ring is 1. The van der Waals surface area contributed by atoms with Gasteiger partial charge in [-0.2, -0.15) is 0 Å². The number of aryl methyl sites for hydroxylation is 1. The summed E-state index contributed by atoms with van der Waals surface area (Å²) in [6.45, 7) is 1.63. The van der Waals surface area contributed by atoms with Gasteiger partial charge in [0.1, 0.15) is 0 Å². The molecular weight excluding hydrogens is 355 g/mol. The van der Waals surface area contributed by atoms with Crippen molar-refractivity contribution in [2.75, 3.05) is 10.5 Å². The highest BCUT2D eigenvalue weighted by Gasteiger charge is 2.19. The quantitative estimate of drug-likeness (QED) is 0.795. The number of hydrogen-bond donors (Lipinski definition) is 2. The molecule has 112 valence electrons. The van der Waals surface area contributed by atoms with Crippen molar-refractivity contribution in [1.82, 2.24) is 0 Å². The van der Waals surface area contributed by atoms with E-state index in [0.29, 0.717) is 20.6 Å². The standard InChI is InChI=1S/C13H11Cl3N2O2S/c1-7-2-11(16)12(17)6-13(7)21(19,20)18-10-4-8(14)3-9(15)5-10/h2-6,18H,17H2,1H3. The molecule has 2 aromatic carbocycles. The fourth-order valence-electron chi connectivity index (χ4n) is 1.78. The van der Waals surface area contributed by atoms with E-state index in [-0.39, 0.29) is 16.3 Å². The van der Waals surface area contributed by atoms with Crippen LogP contribution in [0.25, 0.3) is 0 Å². The monoisotopic (exact) mass is 364 g/mol. The minimum Gasteiger partial charge on any atom is -0.397 e.